The number of nitrogens with two attached hydrogens (primary N) is 1. The molecule has 8 heteroatoms. The number of anilines is 1. The van der Waals surface area contributed by atoms with Gasteiger partial charge >= 0.3 is 6.36 Å². The van der Waals surface area contributed by atoms with Crippen LogP contribution in [0.15, 0.2) is 12.4 Å². The molecule has 2 rings (SSSR count). The van der Waals surface area contributed by atoms with Crippen molar-refractivity contribution < 1.29 is 17.9 Å². The number of alkyl halides is 3. The van der Waals surface area contributed by atoms with E-state index in [1.165, 1.54) is 6.20 Å². The van der Waals surface area contributed by atoms with Crippen LogP contribution in [0.4, 0.5) is 19.0 Å². The highest BCUT2D eigenvalue weighted by atomic mass is 19.4. The smallest absolute Gasteiger partial charge is 0.386 e. The molecule has 1 fully saturated rings. The maximum Gasteiger partial charge on any atom is 0.574 e. The minimum Gasteiger partial charge on any atom is -0.386 e. The van der Waals surface area contributed by atoms with Gasteiger partial charge in [0.15, 0.2) is 0 Å². The summed E-state index contributed by atoms with van der Waals surface area (Å²) in [5.41, 5.74) is 5.75. The van der Waals surface area contributed by atoms with E-state index in [1.807, 2.05) is 11.8 Å². The zero-order chi connectivity index (χ0) is 13.4. The van der Waals surface area contributed by atoms with Crippen LogP contribution in [-0.4, -0.2) is 35.0 Å². The summed E-state index contributed by atoms with van der Waals surface area (Å²) in [4.78, 5) is 9.28. The molecule has 0 aromatic carbocycles. The van der Waals surface area contributed by atoms with E-state index in [0.29, 0.717) is 18.9 Å². The summed E-state index contributed by atoms with van der Waals surface area (Å²) in [7, 11) is 0. The van der Waals surface area contributed by atoms with E-state index in [-0.39, 0.29) is 5.54 Å². The van der Waals surface area contributed by atoms with E-state index >= 15 is 0 Å². The highest BCUT2D eigenvalue weighted by Crippen LogP contribution is 2.27. The second-order valence-corrected chi connectivity index (χ2v) is 4.33. The van der Waals surface area contributed by atoms with Gasteiger partial charge in [0, 0.05) is 13.1 Å². The Hall–Kier alpha value is -1.57. The number of hydrogen-bond donors (Lipinski definition) is 1. The average Bonchev–Trinajstić information content (AvgIpc) is 2.24. The molecule has 100 valence electrons. The zero-order valence-corrected chi connectivity index (χ0v) is 9.74. The Labute approximate surface area is 102 Å². The van der Waals surface area contributed by atoms with E-state index in [2.05, 4.69) is 14.7 Å². The van der Waals surface area contributed by atoms with Gasteiger partial charge < -0.3 is 15.4 Å². The Morgan fingerprint density at radius 3 is 2.50 bits per heavy atom. The maximum atomic E-state index is 11.9. The fraction of sp³-hybridized carbons (Fsp3) is 0.600. The molecule has 1 aliphatic heterocycles. The molecule has 0 unspecified atom stereocenters. The van der Waals surface area contributed by atoms with Gasteiger partial charge in [-0.3, -0.25) is 0 Å². The summed E-state index contributed by atoms with van der Waals surface area (Å²) in [6.45, 7) is 3.23. The fourth-order valence-electron chi connectivity index (χ4n) is 1.74. The van der Waals surface area contributed by atoms with Crippen LogP contribution < -0.4 is 15.4 Å². The average molecular weight is 262 g/mol. The Bertz CT molecular complexity index is 414. The molecule has 0 aliphatic carbocycles. The van der Waals surface area contributed by atoms with E-state index in [4.69, 9.17) is 5.73 Å². The third-order valence-corrected chi connectivity index (χ3v) is 2.87. The van der Waals surface area contributed by atoms with E-state index in [0.717, 1.165) is 12.6 Å². The van der Waals surface area contributed by atoms with Crippen LogP contribution in [0, 0.1) is 0 Å². The predicted molar refractivity (Wildman–Crippen MR) is 58.1 cm³/mol. The first-order valence-electron chi connectivity index (χ1n) is 5.43. The molecular formula is C10H13F3N4O. The van der Waals surface area contributed by atoms with Crippen LogP contribution in [-0.2, 0) is 0 Å². The first-order valence-corrected chi connectivity index (χ1v) is 5.43. The van der Waals surface area contributed by atoms with Gasteiger partial charge in [-0.15, -0.1) is 13.2 Å². The van der Waals surface area contributed by atoms with Gasteiger partial charge in [0.25, 0.3) is 0 Å². The highest BCUT2D eigenvalue weighted by Gasteiger charge is 2.38. The molecular weight excluding hydrogens is 249 g/mol. The third-order valence-electron chi connectivity index (χ3n) is 2.87. The lowest BCUT2D eigenvalue weighted by Crippen LogP contribution is -2.67. The molecule has 0 saturated carbocycles. The molecule has 1 aromatic rings. The number of aromatic nitrogens is 2. The van der Waals surface area contributed by atoms with Crippen LogP contribution in [0.2, 0.25) is 0 Å². The van der Waals surface area contributed by atoms with Gasteiger partial charge in [-0.05, 0) is 6.42 Å². The van der Waals surface area contributed by atoms with Crippen molar-refractivity contribution in [1.82, 2.24) is 9.97 Å². The molecule has 0 bridgehead atoms. The minimum absolute atomic E-state index is 0.233. The van der Waals surface area contributed by atoms with Crippen molar-refractivity contribution in [2.75, 3.05) is 18.0 Å². The Morgan fingerprint density at radius 2 is 2.06 bits per heavy atom. The van der Waals surface area contributed by atoms with Gasteiger partial charge in [0.1, 0.15) is 5.82 Å². The second-order valence-electron chi connectivity index (χ2n) is 4.33. The summed E-state index contributed by atoms with van der Waals surface area (Å²) in [6.07, 6.45) is -1.71. The molecule has 1 aliphatic rings. The molecule has 5 nitrogen and oxygen atoms in total. The quantitative estimate of drug-likeness (QED) is 0.889. The SMILES string of the molecule is CCC1(N)CN(c2cnc(OC(F)(F)F)cn2)C1. The van der Waals surface area contributed by atoms with Gasteiger partial charge in [0.2, 0.25) is 5.88 Å². The number of nitrogens with zero attached hydrogens (tertiary/aromatic N) is 3. The summed E-state index contributed by atoms with van der Waals surface area (Å²) in [6, 6.07) is 0. The predicted octanol–water partition coefficient (Wildman–Crippen LogP) is 1.30. The molecule has 1 saturated heterocycles. The lowest BCUT2D eigenvalue weighted by atomic mass is 9.88. The van der Waals surface area contributed by atoms with Crippen molar-refractivity contribution in [1.29, 1.82) is 0 Å². The van der Waals surface area contributed by atoms with Crippen LogP contribution in [0.3, 0.4) is 0 Å². The van der Waals surface area contributed by atoms with Crippen molar-refractivity contribution in [2.24, 2.45) is 5.73 Å². The lowest BCUT2D eigenvalue weighted by molar-refractivity contribution is -0.276. The van der Waals surface area contributed by atoms with E-state index < -0.39 is 12.2 Å². The van der Waals surface area contributed by atoms with Gasteiger partial charge in [-0.25, -0.2) is 9.97 Å². The Kier molecular flexibility index (Phi) is 3.05. The number of ether oxygens (including phenoxy) is 1. The number of hydrogen-bond acceptors (Lipinski definition) is 5. The Morgan fingerprint density at radius 1 is 1.39 bits per heavy atom. The normalized spacial score (nSPS) is 18.4. The lowest BCUT2D eigenvalue weighted by Gasteiger charge is -2.47. The van der Waals surface area contributed by atoms with Crippen molar-refractivity contribution >= 4 is 5.82 Å². The van der Waals surface area contributed by atoms with Crippen LogP contribution in [0.1, 0.15) is 13.3 Å². The first-order chi connectivity index (χ1) is 8.31. The van der Waals surface area contributed by atoms with Crippen molar-refractivity contribution in [3.05, 3.63) is 12.4 Å². The molecule has 0 radical (unpaired) electrons. The molecule has 1 aromatic heterocycles. The number of halogens is 3. The van der Waals surface area contributed by atoms with Gasteiger partial charge in [-0.2, -0.15) is 0 Å². The molecule has 0 atom stereocenters. The monoisotopic (exact) mass is 262 g/mol. The van der Waals surface area contributed by atoms with Crippen molar-refractivity contribution in [3.8, 4) is 5.88 Å². The summed E-state index contributed by atoms with van der Waals surface area (Å²) in [5, 5.41) is 0. The van der Waals surface area contributed by atoms with Crippen molar-refractivity contribution in [2.45, 2.75) is 25.2 Å². The van der Waals surface area contributed by atoms with Gasteiger partial charge in [0.05, 0.1) is 17.9 Å². The standard InChI is InChI=1S/C10H13F3N4O/c1-2-9(14)5-17(6-9)7-3-16-8(4-15-7)18-10(11,12)13/h3-4H,2,5-6,14H2,1H3. The van der Waals surface area contributed by atoms with E-state index in [1.54, 1.807) is 0 Å². The molecule has 0 amide bonds. The van der Waals surface area contributed by atoms with Crippen LogP contribution in [0.5, 0.6) is 5.88 Å². The molecule has 2 heterocycles. The number of rotatable bonds is 3. The topological polar surface area (TPSA) is 64.3 Å². The minimum atomic E-state index is -4.75. The first kappa shape index (κ1) is 12.9. The summed E-state index contributed by atoms with van der Waals surface area (Å²) >= 11 is 0. The van der Waals surface area contributed by atoms with Crippen LogP contribution in [0.25, 0.3) is 0 Å². The molecule has 0 spiro atoms. The summed E-state index contributed by atoms with van der Waals surface area (Å²) < 4.78 is 39.4. The largest absolute Gasteiger partial charge is 0.574 e. The Balaban J connectivity index is 1.97. The van der Waals surface area contributed by atoms with Crippen molar-refractivity contribution in [3.63, 3.8) is 0 Å². The second kappa shape index (κ2) is 4.27. The van der Waals surface area contributed by atoms with Crippen LogP contribution >= 0.6 is 0 Å². The summed E-state index contributed by atoms with van der Waals surface area (Å²) in [5.74, 6) is -0.0691. The third kappa shape index (κ3) is 2.81. The highest BCUT2D eigenvalue weighted by molar-refractivity contribution is 5.43. The molecule has 2 N–H and O–H groups in total. The maximum absolute atomic E-state index is 11.9. The zero-order valence-electron chi connectivity index (χ0n) is 9.74. The van der Waals surface area contributed by atoms with Gasteiger partial charge in [-0.1, -0.05) is 6.92 Å². The van der Waals surface area contributed by atoms with E-state index in [9.17, 15) is 13.2 Å². The molecule has 18 heavy (non-hydrogen) atoms. The fourth-order valence-corrected chi connectivity index (χ4v) is 1.74.